The number of para-hydroxylation sites is 2. The first-order valence-corrected chi connectivity index (χ1v) is 9.59. The third-order valence-electron chi connectivity index (χ3n) is 4.89. The average Bonchev–Trinajstić information content (AvgIpc) is 3.09. The van der Waals surface area contributed by atoms with Crippen LogP contribution in [0.4, 0.5) is 5.95 Å². The summed E-state index contributed by atoms with van der Waals surface area (Å²) in [6.45, 7) is 8.20. The normalized spacial score (nSPS) is 15.6. The molecule has 0 spiro atoms. The van der Waals surface area contributed by atoms with Crippen molar-refractivity contribution in [3.05, 3.63) is 78.0 Å². The molecular weight excluding hydrogens is 366 g/mol. The first-order valence-electron chi connectivity index (χ1n) is 9.59. The van der Waals surface area contributed by atoms with E-state index >= 15 is 0 Å². The first kappa shape index (κ1) is 18.8. The summed E-state index contributed by atoms with van der Waals surface area (Å²) in [7, 11) is 0. The van der Waals surface area contributed by atoms with Crippen LogP contribution >= 0.6 is 0 Å². The number of benzene rings is 2. The van der Waals surface area contributed by atoms with Gasteiger partial charge in [-0.2, -0.15) is 0 Å². The van der Waals surface area contributed by atoms with Crippen molar-refractivity contribution < 1.29 is 14.3 Å². The van der Waals surface area contributed by atoms with Crippen LogP contribution in [-0.2, 0) is 9.53 Å². The lowest BCUT2D eigenvalue weighted by atomic mass is 9.95. The van der Waals surface area contributed by atoms with E-state index < -0.39 is 0 Å². The fraction of sp³-hybridized carbons (Fsp3) is 0.217. The van der Waals surface area contributed by atoms with Crippen molar-refractivity contribution >= 4 is 23.0 Å². The minimum atomic E-state index is -0.378. The largest absolute Gasteiger partial charge is 0.494 e. The molecule has 0 amide bonds. The van der Waals surface area contributed by atoms with Crippen molar-refractivity contribution in [2.24, 2.45) is 0 Å². The highest BCUT2D eigenvalue weighted by molar-refractivity contribution is 5.94. The molecule has 6 nitrogen and oxygen atoms in total. The smallest absolute Gasteiger partial charge is 0.338 e. The number of nitrogens with one attached hydrogen (secondary N) is 1. The molecule has 3 aromatic rings. The quantitative estimate of drug-likeness (QED) is 0.498. The predicted molar refractivity (Wildman–Crippen MR) is 113 cm³/mol. The molecule has 0 bridgehead atoms. The maximum absolute atomic E-state index is 13.0. The van der Waals surface area contributed by atoms with Crippen LogP contribution in [0.5, 0.6) is 5.75 Å². The highest BCUT2D eigenvalue weighted by atomic mass is 16.5. The average molecular weight is 389 g/mol. The Morgan fingerprint density at radius 1 is 1.24 bits per heavy atom. The lowest BCUT2D eigenvalue weighted by Gasteiger charge is -2.30. The third kappa shape index (κ3) is 3.38. The van der Waals surface area contributed by atoms with Crippen LogP contribution < -0.4 is 10.1 Å². The van der Waals surface area contributed by atoms with Gasteiger partial charge in [0.15, 0.2) is 0 Å². The topological polar surface area (TPSA) is 65.4 Å². The van der Waals surface area contributed by atoms with E-state index in [1.165, 1.54) is 0 Å². The van der Waals surface area contributed by atoms with Gasteiger partial charge in [-0.3, -0.25) is 4.57 Å². The summed E-state index contributed by atoms with van der Waals surface area (Å²) < 4.78 is 13.0. The third-order valence-corrected chi connectivity index (χ3v) is 4.89. The molecule has 1 aliphatic heterocycles. The molecule has 2 heterocycles. The number of allylic oxidation sites excluding steroid dienone is 1. The Morgan fingerprint density at radius 2 is 2.00 bits per heavy atom. The van der Waals surface area contributed by atoms with Gasteiger partial charge in [-0.05, 0) is 43.7 Å². The Balaban J connectivity index is 1.88. The summed E-state index contributed by atoms with van der Waals surface area (Å²) in [4.78, 5) is 17.7. The van der Waals surface area contributed by atoms with Gasteiger partial charge in [0.25, 0.3) is 0 Å². The molecule has 1 N–H and O–H groups in total. The second-order valence-corrected chi connectivity index (χ2v) is 6.75. The Bertz CT molecular complexity index is 1100. The van der Waals surface area contributed by atoms with E-state index in [-0.39, 0.29) is 18.6 Å². The number of hydrogen-bond acceptors (Lipinski definition) is 5. The highest BCUT2D eigenvalue weighted by Crippen LogP contribution is 2.39. The lowest BCUT2D eigenvalue weighted by Crippen LogP contribution is -2.29. The molecule has 0 radical (unpaired) electrons. The van der Waals surface area contributed by atoms with E-state index in [9.17, 15) is 4.79 Å². The molecule has 4 rings (SSSR count). The van der Waals surface area contributed by atoms with Crippen LogP contribution in [-0.4, -0.2) is 28.7 Å². The standard InChI is InChI=1S/C23H23N3O3/c1-4-14-29-22(27)20-15(3)24-23-25-18-8-6-7-9-19(18)26(23)21(20)16-10-12-17(13-11-16)28-5-2/h4,6-13,21H,1,5,14H2,2-3H3,(H,24,25)/t21-/m0/s1. The number of nitrogens with zero attached hydrogens (tertiary/aromatic N) is 2. The minimum Gasteiger partial charge on any atom is -0.494 e. The summed E-state index contributed by atoms with van der Waals surface area (Å²) in [5.41, 5.74) is 4.02. The van der Waals surface area contributed by atoms with E-state index in [2.05, 4.69) is 11.9 Å². The van der Waals surface area contributed by atoms with Gasteiger partial charge < -0.3 is 14.8 Å². The summed E-state index contributed by atoms with van der Waals surface area (Å²) in [6, 6.07) is 15.3. The zero-order valence-corrected chi connectivity index (χ0v) is 16.5. The van der Waals surface area contributed by atoms with Gasteiger partial charge in [-0.25, -0.2) is 9.78 Å². The van der Waals surface area contributed by atoms with Gasteiger partial charge in [-0.1, -0.05) is 36.9 Å². The number of imidazole rings is 1. The first-order chi connectivity index (χ1) is 14.1. The van der Waals surface area contributed by atoms with Crippen LogP contribution in [0.3, 0.4) is 0 Å². The fourth-order valence-electron chi connectivity index (χ4n) is 3.67. The number of hydrogen-bond donors (Lipinski definition) is 1. The maximum atomic E-state index is 13.0. The summed E-state index contributed by atoms with van der Waals surface area (Å²) >= 11 is 0. The number of carbonyl (C=O) groups excluding carboxylic acids is 1. The Morgan fingerprint density at radius 3 is 2.72 bits per heavy atom. The Hall–Kier alpha value is -3.54. The van der Waals surface area contributed by atoms with Crippen molar-refractivity contribution in [3.8, 4) is 5.75 Å². The fourth-order valence-corrected chi connectivity index (χ4v) is 3.67. The molecule has 1 atom stereocenters. The van der Waals surface area contributed by atoms with Crippen LogP contribution in [0.15, 0.2) is 72.5 Å². The molecule has 29 heavy (non-hydrogen) atoms. The number of fused-ring (bicyclic) bond motifs is 3. The molecule has 1 aliphatic rings. The second kappa shape index (κ2) is 7.83. The molecule has 6 heteroatoms. The lowest BCUT2D eigenvalue weighted by molar-refractivity contribution is -0.138. The second-order valence-electron chi connectivity index (χ2n) is 6.75. The van der Waals surface area contributed by atoms with Crippen LogP contribution in [0.1, 0.15) is 25.5 Å². The number of ether oxygens (including phenoxy) is 2. The molecule has 148 valence electrons. The van der Waals surface area contributed by atoms with E-state index in [0.717, 1.165) is 28.0 Å². The monoisotopic (exact) mass is 389 g/mol. The van der Waals surface area contributed by atoms with Crippen LogP contribution in [0.25, 0.3) is 11.0 Å². The zero-order chi connectivity index (χ0) is 20.4. The van der Waals surface area contributed by atoms with Gasteiger partial charge in [0, 0.05) is 5.70 Å². The molecular formula is C23H23N3O3. The number of anilines is 1. The van der Waals surface area contributed by atoms with Crippen molar-refractivity contribution in [1.29, 1.82) is 0 Å². The number of esters is 1. The van der Waals surface area contributed by atoms with E-state index in [1.807, 2.05) is 66.9 Å². The summed E-state index contributed by atoms with van der Waals surface area (Å²) in [6.07, 6.45) is 1.56. The van der Waals surface area contributed by atoms with Crippen molar-refractivity contribution in [1.82, 2.24) is 9.55 Å². The van der Waals surface area contributed by atoms with Crippen molar-refractivity contribution in [2.75, 3.05) is 18.5 Å². The molecule has 2 aromatic carbocycles. The van der Waals surface area contributed by atoms with E-state index in [1.54, 1.807) is 6.08 Å². The van der Waals surface area contributed by atoms with Crippen molar-refractivity contribution in [2.45, 2.75) is 19.9 Å². The minimum absolute atomic E-state index is 0.156. The van der Waals surface area contributed by atoms with E-state index in [4.69, 9.17) is 14.5 Å². The SMILES string of the molecule is C=CCOC(=O)C1=C(C)Nc2nc3ccccc3n2[C@H]1c1ccc(OCC)cc1. The molecule has 0 aliphatic carbocycles. The summed E-state index contributed by atoms with van der Waals surface area (Å²) in [5.74, 6) is 1.11. The van der Waals surface area contributed by atoms with Crippen LogP contribution in [0.2, 0.25) is 0 Å². The van der Waals surface area contributed by atoms with Crippen LogP contribution in [0, 0.1) is 0 Å². The molecule has 0 saturated carbocycles. The highest BCUT2D eigenvalue weighted by Gasteiger charge is 2.34. The van der Waals surface area contributed by atoms with Gasteiger partial charge in [0.2, 0.25) is 5.95 Å². The van der Waals surface area contributed by atoms with Gasteiger partial charge in [-0.15, -0.1) is 0 Å². The molecule has 1 aromatic heterocycles. The molecule has 0 saturated heterocycles. The van der Waals surface area contributed by atoms with Gasteiger partial charge >= 0.3 is 5.97 Å². The summed E-state index contributed by atoms with van der Waals surface area (Å²) in [5, 5.41) is 3.27. The predicted octanol–water partition coefficient (Wildman–Crippen LogP) is 4.45. The number of aromatic nitrogens is 2. The van der Waals surface area contributed by atoms with Gasteiger partial charge in [0.1, 0.15) is 12.4 Å². The van der Waals surface area contributed by atoms with Gasteiger partial charge in [0.05, 0.1) is 29.3 Å². The molecule has 0 unspecified atom stereocenters. The number of rotatable bonds is 6. The van der Waals surface area contributed by atoms with Crippen molar-refractivity contribution in [3.63, 3.8) is 0 Å². The molecule has 0 fully saturated rings. The zero-order valence-electron chi connectivity index (χ0n) is 16.5. The van der Waals surface area contributed by atoms with E-state index in [0.29, 0.717) is 18.1 Å². The Kier molecular flexibility index (Phi) is 5.08. The number of carbonyl (C=O) groups is 1. The Labute approximate surface area is 169 Å². The maximum Gasteiger partial charge on any atom is 0.338 e.